The molecule has 2 aliphatic heterocycles. The number of anilines is 1. The number of piperazine rings is 1. The van der Waals surface area contributed by atoms with Gasteiger partial charge in [0.1, 0.15) is 5.82 Å². The topological polar surface area (TPSA) is 82.1 Å². The first-order valence-corrected chi connectivity index (χ1v) is 7.62. The van der Waals surface area contributed by atoms with Gasteiger partial charge in [-0.3, -0.25) is 4.79 Å². The van der Waals surface area contributed by atoms with Gasteiger partial charge in [-0.05, 0) is 0 Å². The smallest absolute Gasteiger partial charge is 0.407 e. The van der Waals surface area contributed by atoms with Crippen LogP contribution in [0.3, 0.4) is 0 Å². The summed E-state index contributed by atoms with van der Waals surface area (Å²) in [5, 5.41) is 11.5. The summed E-state index contributed by atoms with van der Waals surface area (Å²) in [4.78, 5) is 25.3. The van der Waals surface area contributed by atoms with Gasteiger partial charge in [0, 0.05) is 51.3 Å². The second kappa shape index (κ2) is 6.50. The van der Waals surface area contributed by atoms with Crippen LogP contribution in [0.15, 0.2) is 12.1 Å². The van der Waals surface area contributed by atoms with Crippen LogP contribution in [-0.4, -0.2) is 60.8 Å². The second-order valence-corrected chi connectivity index (χ2v) is 5.68. The highest BCUT2D eigenvalue weighted by Crippen LogP contribution is 2.30. The van der Waals surface area contributed by atoms with Crippen LogP contribution in [0.1, 0.15) is 6.42 Å². The van der Waals surface area contributed by atoms with Crippen molar-refractivity contribution < 1.29 is 28.2 Å². The molecule has 0 aromatic heterocycles. The van der Waals surface area contributed by atoms with Crippen molar-refractivity contribution >= 4 is 17.7 Å². The van der Waals surface area contributed by atoms with Gasteiger partial charge in [-0.2, -0.15) is 0 Å². The number of halogens is 2. The summed E-state index contributed by atoms with van der Waals surface area (Å²) >= 11 is 0. The van der Waals surface area contributed by atoms with Gasteiger partial charge in [0.15, 0.2) is 17.7 Å². The maximum atomic E-state index is 14.1. The Hall–Kier alpha value is -2.58. The molecule has 2 N–H and O–H groups in total. The molecule has 1 aromatic carbocycles. The van der Waals surface area contributed by atoms with Crippen molar-refractivity contribution in [3.63, 3.8) is 0 Å². The summed E-state index contributed by atoms with van der Waals surface area (Å²) in [6, 6.07) is 1.95. The molecule has 1 atom stereocenters. The van der Waals surface area contributed by atoms with Gasteiger partial charge in [0.25, 0.3) is 5.91 Å². The largest absolute Gasteiger partial charge is 0.477 e. The van der Waals surface area contributed by atoms with Crippen molar-refractivity contribution in [2.75, 3.05) is 37.6 Å². The van der Waals surface area contributed by atoms with E-state index < -0.39 is 23.8 Å². The molecule has 0 spiro atoms. The van der Waals surface area contributed by atoms with E-state index in [1.165, 1.54) is 11.0 Å². The van der Waals surface area contributed by atoms with Crippen molar-refractivity contribution in [1.29, 1.82) is 0 Å². The van der Waals surface area contributed by atoms with Gasteiger partial charge in [-0.25, -0.2) is 13.6 Å². The number of hydrogen-bond donors (Lipinski definition) is 2. The number of carboxylic acid groups (broad SMARTS) is 1. The summed E-state index contributed by atoms with van der Waals surface area (Å²) in [6.07, 6.45) is -1.39. The Labute approximate surface area is 136 Å². The lowest BCUT2D eigenvalue weighted by atomic mass is 10.2. The molecule has 2 heterocycles. The number of nitrogens with zero attached hydrogens (tertiary/aromatic N) is 2. The number of carbonyl (C=O) groups is 2. The monoisotopic (exact) mass is 341 g/mol. The van der Waals surface area contributed by atoms with E-state index >= 15 is 0 Å². The van der Waals surface area contributed by atoms with E-state index in [0.29, 0.717) is 13.0 Å². The molecule has 2 fully saturated rings. The number of amides is 2. The lowest BCUT2D eigenvalue weighted by Crippen LogP contribution is -2.48. The highest BCUT2D eigenvalue weighted by Gasteiger charge is 2.28. The molecular weight excluding hydrogens is 324 g/mol. The van der Waals surface area contributed by atoms with Crippen molar-refractivity contribution in [1.82, 2.24) is 10.2 Å². The van der Waals surface area contributed by atoms with Crippen LogP contribution < -0.4 is 15.0 Å². The zero-order chi connectivity index (χ0) is 17.3. The fourth-order valence-corrected chi connectivity index (χ4v) is 2.83. The number of ether oxygens (including phenoxy) is 1. The summed E-state index contributed by atoms with van der Waals surface area (Å²) in [5.41, 5.74) is 0.134. The third-order valence-corrected chi connectivity index (χ3v) is 4.16. The van der Waals surface area contributed by atoms with E-state index in [1.807, 2.05) is 0 Å². The van der Waals surface area contributed by atoms with E-state index in [9.17, 15) is 18.4 Å². The molecular formula is C15H17F2N3O4. The minimum Gasteiger partial charge on any atom is -0.477 e. The van der Waals surface area contributed by atoms with Crippen LogP contribution in [0.25, 0.3) is 0 Å². The van der Waals surface area contributed by atoms with Crippen LogP contribution in [-0.2, 0) is 4.79 Å². The summed E-state index contributed by atoms with van der Waals surface area (Å²) in [7, 11) is 0. The second-order valence-electron chi connectivity index (χ2n) is 5.68. The number of rotatable bonds is 3. The highest BCUT2D eigenvalue weighted by molar-refractivity contribution is 5.83. The first kappa shape index (κ1) is 16.3. The van der Waals surface area contributed by atoms with Gasteiger partial charge >= 0.3 is 6.09 Å². The molecule has 9 heteroatoms. The van der Waals surface area contributed by atoms with E-state index in [4.69, 9.17) is 9.84 Å². The van der Waals surface area contributed by atoms with Crippen molar-refractivity contribution in [3.05, 3.63) is 23.8 Å². The molecule has 7 nitrogen and oxygen atoms in total. The first-order chi connectivity index (χ1) is 11.5. The van der Waals surface area contributed by atoms with Crippen LogP contribution >= 0.6 is 0 Å². The number of benzene rings is 1. The molecule has 0 aliphatic carbocycles. The van der Waals surface area contributed by atoms with E-state index in [2.05, 4.69) is 5.32 Å². The lowest BCUT2D eigenvalue weighted by Gasteiger charge is -2.34. The zero-order valence-electron chi connectivity index (χ0n) is 12.8. The third-order valence-electron chi connectivity index (χ3n) is 4.16. The van der Waals surface area contributed by atoms with E-state index in [1.54, 1.807) is 4.90 Å². The van der Waals surface area contributed by atoms with Crippen LogP contribution in [0.5, 0.6) is 5.75 Å². The fraction of sp³-hybridized carbons (Fsp3) is 0.467. The number of carbonyl (C=O) groups excluding carboxylic acids is 1. The Bertz CT molecular complexity index is 662. The van der Waals surface area contributed by atoms with Crippen LogP contribution in [0.2, 0.25) is 0 Å². The Morgan fingerprint density at radius 2 is 1.92 bits per heavy atom. The van der Waals surface area contributed by atoms with E-state index in [-0.39, 0.29) is 43.5 Å². The molecule has 1 unspecified atom stereocenters. The molecule has 130 valence electrons. The average Bonchev–Trinajstić information content (AvgIpc) is 2.95. The molecule has 0 saturated carbocycles. The minimum absolute atomic E-state index is 0.134. The van der Waals surface area contributed by atoms with Gasteiger partial charge in [-0.15, -0.1) is 0 Å². The average molecular weight is 341 g/mol. The number of hydrogen-bond acceptors (Lipinski definition) is 4. The summed E-state index contributed by atoms with van der Waals surface area (Å²) in [6.45, 7) is 1.49. The Balaban J connectivity index is 1.77. The molecule has 3 rings (SSSR count). The van der Waals surface area contributed by atoms with Gasteiger partial charge in [-0.1, -0.05) is 0 Å². The van der Waals surface area contributed by atoms with Gasteiger partial charge in [0.2, 0.25) is 0 Å². The Morgan fingerprint density at radius 1 is 1.21 bits per heavy atom. The Kier molecular flexibility index (Phi) is 4.41. The van der Waals surface area contributed by atoms with Crippen LogP contribution in [0, 0.1) is 11.6 Å². The normalized spacial score (nSPS) is 20.9. The molecule has 0 radical (unpaired) electrons. The fourth-order valence-electron chi connectivity index (χ4n) is 2.83. The molecule has 24 heavy (non-hydrogen) atoms. The zero-order valence-corrected chi connectivity index (χ0v) is 12.8. The molecule has 2 saturated heterocycles. The summed E-state index contributed by atoms with van der Waals surface area (Å²) < 4.78 is 33.4. The first-order valence-electron chi connectivity index (χ1n) is 7.62. The molecule has 2 amide bonds. The SMILES string of the molecule is O=C1NCCC1Oc1cc(N2CCN(C(=O)O)CC2)c(F)cc1F. The van der Waals surface area contributed by atoms with Crippen molar-refractivity contribution in [2.45, 2.75) is 12.5 Å². The highest BCUT2D eigenvalue weighted by atomic mass is 19.1. The predicted octanol–water partition coefficient (Wildman–Crippen LogP) is 1.03. The number of nitrogens with one attached hydrogen (secondary N) is 1. The lowest BCUT2D eigenvalue weighted by molar-refractivity contribution is -0.125. The Morgan fingerprint density at radius 3 is 2.50 bits per heavy atom. The van der Waals surface area contributed by atoms with Gasteiger partial charge in [0.05, 0.1) is 5.69 Å². The van der Waals surface area contributed by atoms with Gasteiger partial charge < -0.3 is 25.0 Å². The predicted molar refractivity (Wildman–Crippen MR) is 80.2 cm³/mol. The molecule has 1 aromatic rings. The maximum Gasteiger partial charge on any atom is 0.407 e. The third kappa shape index (κ3) is 3.19. The minimum atomic E-state index is -1.02. The molecule has 2 aliphatic rings. The van der Waals surface area contributed by atoms with Crippen molar-refractivity contribution in [2.24, 2.45) is 0 Å². The van der Waals surface area contributed by atoms with Crippen LogP contribution in [0.4, 0.5) is 19.3 Å². The molecule has 0 bridgehead atoms. The van der Waals surface area contributed by atoms with E-state index in [0.717, 1.165) is 6.07 Å². The quantitative estimate of drug-likeness (QED) is 0.858. The van der Waals surface area contributed by atoms with Crippen molar-refractivity contribution in [3.8, 4) is 5.75 Å². The maximum absolute atomic E-state index is 14.1. The standard InChI is InChI=1S/C15H17F2N3O4/c16-9-7-10(17)13(24-12-1-2-18-14(12)21)8-11(9)19-3-5-20(6-4-19)15(22)23/h7-8,12H,1-6H2,(H,18,21)(H,22,23). The summed E-state index contributed by atoms with van der Waals surface area (Å²) in [5.74, 6) is -2.14.